The van der Waals surface area contributed by atoms with Crippen LogP contribution in [0.25, 0.3) is 0 Å². The van der Waals surface area contributed by atoms with Crippen molar-refractivity contribution in [1.82, 2.24) is 9.88 Å². The van der Waals surface area contributed by atoms with E-state index in [0.717, 1.165) is 24.8 Å². The topological polar surface area (TPSA) is 25.4 Å². The van der Waals surface area contributed by atoms with Crippen LogP contribution in [0.15, 0.2) is 48.8 Å². The third-order valence-electron chi connectivity index (χ3n) is 5.57. The average molecular weight is 353 g/mol. The Morgan fingerprint density at radius 2 is 2.00 bits per heavy atom. The van der Waals surface area contributed by atoms with Crippen LogP contribution in [0.1, 0.15) is 43.7 Å². The van der Waals surface area contributed by atoms with Crippen molar-refractivity contribution in [3.05, 3.63) is 59.9 Å². The van der Waals surface area contributed by atoms with E-state index in [2.05, 4.69) is 67.2 Å². The molecule has 3 rings (SSSR count). The van der Waals surface area contributed by atoms with Crippen molar-refractivity contribution in [2.24, 2.45) is 11.8 Å². The van der Waals surface area contributed by atoms with Crippen LogP contribution in [-0.4, -0.2) is 29.6 Å². The molecule has 0 bridgehead atoms. The van der Waals surface area contributed by atoms with Gasteiger partial charge in [0.1, 0.15) is 5.75 Å². The van der Waals surface area contributed by atoms with Gasteiger partial charge in [-0.3, -0.25) is 4.98 Å². The van der Waals surface area contributed by atoms with Gasteiger partial charge in [-0.05, 0) is 86.9 Å². The van der Waals surface area contributed by atoms with Crippen molar-refractivity contribution in [3.8, 4) is 5.75 Å². The van der Waals surface area contributed by atoms with Crippen LogP contribution in [0.5, 0.6) is 5.75 Å². The Balaban J connectivity index is 1.50. The van der Waals surface area contributed by atoms with Gasteiger partial charge in [0.15, 0.2) is 0 Å². The quantitative estimate of drug-likeness (QED) is 0.693. The summed E-state index contributed by atoms with van der Waals surface area (Å²) in [5.74, 6) is 2.46. The second-order valence-corrected chi connectivity index (χ2v) is 8.01. The van der Waals surface area contributed by atoms with E-state index in [1.807, 2.05) is 12.4 Å². The van der Waals surface area contributed by atoms with Crippen molar-refractivity contribution >= 4 is 0 Å². The molecule has 0 amide bonds. The molecule has 1 aliphatic rings. The van der Waals surface area contributed by atoms with Gasteiger partial charge in [-0.1, -0.05) is 19.1 Å². The highest BCUT2D eigenvalue weighted by Crippen LogP contribution is 2.33. The number of nitrogens with zero attached hydrogens (tertiary/aromatic N) is 2. The molecule has 0 saturated heterocycles. The summed E-state index contributed by atoms with van der Waals surface area (Å²) >= 11 is 0. The Kier molecular flexibility index (Phi) is 6.67. The monoisotopic (exact) mass is 352 g/mol. The van der Waals surface area contributed by atoms with Crippen LogP contribution < -0.4 is 4.74 Å². The minimum Gasteiger partial charge on any atom is -0.490 e. The molecule has 1 heterocycles. The van der Waals surface area contributed by atoms with Gasteiger partial charge in [0.05, 0.1) is 6.10 Å². The third kappa shape index (κ3) is 5.57. The number of hydrogen-bond donors (Lipinski definition) is 0. The third-order valence-corrected chi connectivity index (χ3v) is 5.57. The molecule has 2 aromatic rings. The van der Waals surface area contributed by atoms with Gasteiger partial charge >= 0.3 is 0 Å². The van der Waals surface area contributed by atoms with Crippen molar-refractivity contribution in [2.45, 2.75) is 52.2 Å². The Hall–Kier alpha value is -1.87. The average Bonchev–Trinajstić information content (AvgIpc) is 2.62. The Bertz CT molecular complexity index is 673. The van der Waals surface area contributed by atoms with E-state index in [1.54, 1.807) is 0 Å². The lowest BCUT2D eigenvalue weighted by molar-refractivity contribution is 0.0913. The molecule has 0 N–H and O–H groups in total. The molecule has 1 fully saturated rings. The number of pyridine rings is 1. The van der Waals surface area contributed by atoms with Crippen molar-refractivity contribution < 1.29 is 4.74 Å². The van der Waals surface area contributed by atoms with Gasteiger partial charge in [-0.15, -0.1) is 0 Å². The molecule has 3 nitrogen and oxygen atoms in total. The highest BCUT2D eigenvalue weighted by molar-refractivity contribution is 5.27. The fraction of sp³-hybridized carbons (Fsp3) is 0.522. The molecular weight excluding hydrogens is 320 g/mol. The lowest BCUT2D eigenvalue weighted by atomic mass is 9.79. The van der Waals surface area contributed by atoms with Crippen LogP contribution >= 0.6 is 0 Å². The lowest BCUT2D eigenvalue weighted by Crippen LogP contribution is -2.33. The first-order valence-corrected chi connectivity index (χ1v) is 9.91. The van der Waals surface area contributed by atoms with Crippen LogP contribution in [-0.2, 0) is 6.54 Å². The second-order valence-electron chi connectivity index (χ2n) is 8.01. The van der Waals surface area contributed by atoms with Crippen molar-refractivity contribution in [3.63, 3.8) is 0 Å². The summed E-state index contributed by atoms with van der Waals surface area (Å²) in [6.07, 6.45) is 9.09. The van der Waals surface area contributed by atoms with Crippen LogP contribution in [0.4, 0.5) is 0 Å². The maximum Gasteiger partial charge on any atom is 0.119 e. The van der Waals surface area contributed by atoms with Crippen LogP contribution in [0.2, 0.25) is 0 Å². The molecule has 1 aliphatic carbocycles. The molecule has 26 heavy (non-hydrogen) atoms. The molecule has 0 aliphatic heterocycles. The predicted octanol–water partition coefficient (Wildman–Crippen LogP) is 5.10. The number of rotatable bonds is 7. The van der Waals surface area contributed by atoms with E-state index in [-0.39, 0.29) is 0 Å². The summed E-state index contributed by atoms with van der Waals surface area (Å²) in [5, 5.41) is 0. The van der Waals surface area contributed by atoms with E-state index >= 15 is 0 Å². The van der Waals surface area contributed by atoms with Gasteiger partial charge in [0.25, 0.3) is 0 Å². The summed E-state index contributed by atoms with van der Waals surface area (Å²) in [7, 11) is 2.22. The summed E-state index contributed by atoms with van der Waals surface area (Å²) in [6, 6.07) is 12.7. The van der Waals surface area contributed by atoms with Crippen LogP contribution in [0.3, 0.4) is 0 Å². The first-order valence-electron chi connectivity index (χ1n) is 9.91. The fourth-order valence-electron chi connectivity index (χ4n) is 4.19. The smallest absolute Gasteiger partial charge is 0.119 e. The number of hydrogen-bond acceptors (Lipinski definition) is 3. The van der Waals surface area contributed by atoms with Gasteiger partial charge < -0.3 is 9.64 Å². The first-order chi connectivity index (χ1) is 12.6. The molecule has 0 radical (unpaired) electrons. The highest BCUT2D eigenvalue weighted by Gasteiger charge is 2.27. The second kappa shape index (κ2) is 9.18. The zero-order valence-corrected chi connectivity index (χ0v) is 16.4. The summed E-state index contributed by atoms with van der Waals surface area (Å²) in [6.45, 7) is 6.65. The van der Waals surface area contributed by atoms with E-state index in [0.29, 0.717) is 12.0 Å². The lowest BCUT2D eigenvalue weighted by Gasteiger charge is -2.35. The molecule has 3 heteroatoms. The van der Waals surface area contributed by atoms with Crippen molar-refractivity contribution in [2.75, 3.05) is 13.6 Å². The van der Waals surface area contributed by atoms with E-state index in [1.165, 1.54) is 36.8 Å². The number of aromatic nitrogens is 1. The maximum absolute atomic E-state index is 6.30. The summed E-state index contributed by atoms with van der Waals surface area (Å²) < 4.78 is 6.30. The molecule has 140 valence electrons. The summed E-state index contributed by atoms with van der Waals surface area (Å²) in [4.78, 5) is 6.54. The maximum atomic E-state index is 6.30. The Morgan fingerprint density at radius 1 is 1.19 bits per heavy atom. The van der Waals surface area contributed by atoms with Gasteiger partial charge in [0, 0.05) is 25.5 Å². The minimum absolute atomic E-state index is 0.364. The largest absolute Gasteiger partial charge is 0.490 e. The normalized spacial score (nSPS) is 21.5. The standard InChI is InChI=1S/C23H32N2O/c1-18-6-4-8-22(14-18)26-23-9-5-7-21(15-23)19(2)16-25(3)17-20-10-12-24-13-11-20/h4,6,8,10-14,19,21,23H,5,7,9,15-17H2,1-3H3. The molecule has 3 unspecified atom stereocenters. The van der Waals surface area contributed by atoms with E-state index < -0.39 is 0 Å². The molecule has 1 saturated carbocycles. The van der Waals surface area contributed by atoms with Crippen LogP contribution in [0, 0.1) is 18.8 Å². The number of benzene rings is 1. The molecular formula is C23H32N2O. The molecule has 0 spiro atoms. The highest BCUT2D eigenvalue weighted by atomic mass is 16.5. The van der Waals surface area contributed by atoms with Crippen molar-refractivity contribution in [1.29, 1.82) is 0 Å². The SMILES string of the molecule is Cc1cccc(OC2CCCC(C(C)CN(C)Cc3ccncc3)C2)c1. The van der Waals surface area contributed by atoms with E-state index in [4.69, 9.17) is 4.74 Å². The first kappa shape index (κ1) is 18.9. The Labute approximate surface area is 158 Å². The summed E-state index contributed by atoms with van der Waals surface area (Å²) in [5.41, 5.74) is 2.60. The van der Waals surface area contributed by atoms with Gasteiger partial charge in [-0.2, -0.15) is 0 Å². The molecule has 1 aromatic heterocycles. The fourth-order valence-corrected chi connectivity index (χ4v) is 4.19. The predicted molar refractivity (Wildman–Crippen MR) is 107 cm³/mol. The zero-order chi connectivity index (χ0) is 18.4. The van der Waals surface area contributed by atoms with E-state index in [9.17, 15) is 0 Å². The molecule has 1 aromatic carbocycles. The number of ether oxygens (including phenoxy) is 1. The van der Waals surface area contributed by atoms with Gasteiger partial charge in [-0.25, -0.2) is 0 Å². The zero-order valence-electron chi connectivity index (χ0n) is 16.4. The minimum atomic E-state index is 0.364. The number of aryl methyl sites for hydroxylation is 1. The molecule has 3 atom stereocenters. The van der Waals surface area contributed by atoms with Gasteiger partial charge in [0.2, 0.25) is 0 Å². The Morgan fingerprint density at radius 3 is 2.77 bits per heavy atom.